The molecule has 13 heavy (non-hydrogen) atoms. The summed E-state index contributed by atoms with van der Waals surface area (Å²) in [6, 6.07) is 0.535. The van der Waals surface area contributed by atoms with Crippen LogP contribution in [0.25, 0.3) is 0 Å². The molecule has 1 aliphatic heterocycles. The number of ether oxygens (including phenoxy) is 2. The minimum Gasteiger partial charge on any atom is -0.380 e. The molecule has 78 valence electrons. The van der Waals surface area contributed by atoms with Crippen LogP contribution >= 0.6 is 0 Å². The Kier molecular flexibility index (Phi) is 4.16. The first kappa shape index (κ1) is 11.0. The summed E-state index contributed by atoms with van der Waals surface area (Å²) in [4.78, 5) is 2.32. The second-order valence-corrected chi connectivity index (χ2v) is 4.07. The van der Waals surface area contributed by atoms with E-state index in [0.717, 1.165) is 19.6 Å². The van der Waals surface area contributed by atoms with Gasteiger partial charge in [0.05, 0.1) is 18.8 Å². The summed E-state index contributed by atoms with van der Waals surface area (Å²) in [7, 11) is 3.91. The molecule has 0 spiro atoms. The third kappa shape index (κ3) is 3.25. The third-order valence-corrected chi connectivity index (χ3v) is 2.61. The minimum absolute atomic E-state index is 0.329. The molecule has 0 radical (unpaired) electrons. The van der Waals surface area contributed by atoms with Gasteiger partial charge in [-0.15, -0.1) is 0 Å². The van der Waals surface area contributed by atoms with Crippen LogP contribution in [0.4, 0.5) is 0 Å². The van der Waals surface area contributed by atoms with E-state index >= 15 is 0 Å². The van der Waals surface area contributed by atoms with Crippen LogP contribution in [-0.2, 0) is 9.47 Å². The molecule has 1 heterocycles. The Labute approximate surface area is 81.0 Å². The lowest BCUT2D eigenvalue weighted by Crippen LogP contribution is -2.30. The van der Waals surface area contributed by atoms with E-state index in [1.54, 1.807) is 7.11 Å². The van der Waals surface area contributed by atoms with Gasteiger partial charge in [-0.1, -0.05) is 0 Å². The van der Waals surface area contributed by atoms with Crippen molar-refractivity contribution in [3.8, 4) is 0 Å². The van der Waals surface area contributed by atoms with Crippen LogP contribution < -0.4 is 0 Å². The van der Waals surface area contributed by atoms with E-state index in [-0.39, 0.29) is 0 Å². The van der Waals surface area contributed by atoms with Gasteiger partial charge in [0.2, 0.25) is 0 Å². The molecule has 0 N–H and O–H groups in total. The minimum atomic E-state index is 0.329. The highest BCUT2D eigenvalue weighted by molar-refractivity contribution is 4.83. The van der Waals surface area contributed by atoms with Gasteiger partial charge in [-0.2, -0.15) is 0 Å². The highest BCUT2D eigenvalue weighted by Gasteiger charge is 2.29. The summed E-state index contributed by atoms with van der Waals surface area (Å²) in [6.07, 6.45) is 1.82. The summed E-state index contributed by atoms with van der Waals surface area (Å²) >= 11 is 0. The van der Waals surface area contributed by atoms with Gasteiger partial charge >= 0.3 is 0 Å². The largest absolute Gasteiger partial charge is 0.380 e. The van der Waals surface area contributed by atoms with Crippen molar-refractivity contribution in [2.24, 2.45) is 0 Å². The smallest absolute Gasteiger partial charge is 0.0714 e. The quantitative estimate of drug-likeness (QED) is 0.658. The Morgan fingerprint density at radius 3 is 2.62 bits per heavy atom. The Balaban J connectivity index is 2.26. The zero-order valence-electron chi connectivity index (χ0n) is 9.12. The summed E-state index contributed by atoms with van der Waals surface area (Å²) in [5, 5.41) is 0. The molecule has 2 atom stereocenters. The molecule has 0 saturated carbocycles. The fourth-order valence-electron chi connectivity index (χ4n) is 1.70. The van der Waals surface area contributed by atoms with Crippen molar-refractivity contribution in [2.75, 3.05) is 27.3 Å². The SMILES string of the molecule is CO[C@H]1C[C@@H](COC(C)C)N(C)C1. The van der Waals surface area contributed by atoms with Gasteiger partial charge in [0.15, 0.2) is 0 Å². The number of likely N-dealkylation sites (tertiary alicyclic amines) is 1. The lowest BCUT2D eigenvalue weighted by Gasteiger charge is -2.19. The van der Waals surface area contributed by atoms with Gasteiger partial charge in [-0.25, -0.2) is 0 Å². The van der Waals surface area contributed by atoms with Crippen molar-refractivity contribution in [3.05, 3.63) is 0 Å². The molecule has 0 aromatic carbocycles. The molecule has 1 saturated heterocycles. The fraction of sp³-hybridized carbons (Fsp3) is 1.00. The summed E-state index contributed by atoms with van der Waals surface area (Å²) in [5.41, 5.74) is 0. The van der Waals surface area contributed by atoms with Gasteiger partial charge in [0.25, 0.3) is 0 Å². The molecule has 0 aromatic heterocycles. The topological polar surface area (TPSA) is 21.7 Å². The van der Waals surface area contributed by atoms with Crippen LogP contribution in [0.15, 0.2) is 0 Å². The zero-order chi connectivity index (χ0) is 9.84. The molecular weight excluding hydrogens is 166 g/mol. The van der Waals surface area contributed by atoms with Crippen LogP contribution in [-0.4, -0.2) is 50.5 Å². The molecule has 3 nitrogen and oxygen atoms in total. The lowest BCUT2D eigenvalue weighted by molar-refractivity contribution is 0.0425. The van der Waals surface area contributed by atoms with Crippen LogP contribution in [0, 0.1) is 0 Å². The standard InChI is InChI=1S/C10H21NO2/c1-8(2)13-7-9-5-10(12-4)6-11(9)3/h8-10H,5-7H2,1-4H3/t9-,10-/m0/s1. The monoisotopic (exact) mass is 187 g/mol. The van der Waals surface area contributed by atoms with Gasteiger partial charge < -0.3 is 9.47 Å². The highest BCUT2D eigenvalue weighted by atomic mass is 16.5. The Morgan fingerprint density at radius 2 is 2.15 bits per heavy atom. The van der Waals surface area contributed by atoms with E-state index in [4.69, 9.17) is 9.47 Å². The Bertz CT molecular complexity index is 150. The van der Waals surface area contributed by atoms with E-state index in [1.807, 2.05) is 0 Å². The van der Waals surface area contributed by atoms with E-state index in [0.29, 0.717) is 18.2 Å². The number of hydrogen-bond acceptors (Lipinski definition) is 3. The third-order valence-electron chi connectivity index (χ3n) is 2.61. The molecule has 0 bridgehead atoms. The molecule has 3 heteroatoms. The van der Waals surface area contributed by atoms with Crippen LogP contribution in [0.3, 0.4) is 0 Å². The van der Waals surface area contributed by atoms with Crippen molar-refractivity contribution < 1.29 is 9.47 Å². The van der Waals surface area contributed by atoms with Gasteiger partial charge in [-0.05, 0) is 27.3 Å². The van der Waals surface area contributed by atoms with Gasteiger partial charge in [0, 0.05) is 19.7 Å². The average Bonchev–Trinajstić information content (AvgIpc) is 2.43. The number of hydrogen-bond donors (Lipinski definition) is 0. The van der Waals surface area contributed by atoms with Crippen LogP contribution in [0.1, 0.15) is 20.3 Å². The van der Waals surface area contributed by atoms with Crippen molar-refractivity contribution in [2.45, 2.75) is 38.5 Å². The summed E-state index contributed by atoms with van der Waals surface area (Å²) < 4.78 is 10.9. The number of nitrogens with zero attached hydrogens (tertiary/aromatic N) is 1. The van der Waals surface area contributed by atoms with E-state index in [2.05, 4.69) is 25.8 Å². The van der Waals surface area contributed by atoms with E-state index in [1.165, 1.54) is 0 Å². The molecular formula is C10H21NO2. The normalized spacial score (nSPS) is 30.2. The van der Waals surface area contributed by atoms with Crippen molar-refractivity contribution in [1.82, 2.24) is 4.90 Å². The maximum Gasteiger partial charge on any atom is 0.0714 e. The first-order chi connectivity index (χ1) is 6.13. The number of rotatable bonds is 4. The van der Waals surface area contributed by atoms with Crippen LogP contribution in [0.2, 0.25) is 0 Å². The predicted molar refractivity (Wildman–Crippen MR) is 52.9 cm³/mol. The lowest BCUT2D eigenvalue weighted by atomic mass is 10.2. The fourth-order valence-corrected chi connectivity index (χ4v) is 1.70. The first-order valence-corrected chi connectivity index (χ1v) is 4.98. The van der Waals surface area contributed by atoms with Gasteiger partial charge in [-0.3, -0.25) is 4.90 Å². The second-order valence-electron chi connectivity index (χ2n) is 4.07. The van der Waals surface area contributed by atoms with Crippen molar-refractivity contribution >= 4 is 0 Å². The molecule has 0 aliphatic carbocycles. The van der Waals surface area contributed by atoms with Crippen molar-refractivity contribution in [3.63, 3.8) is 0 Å². The summed E-state index contributed by atoms with van der Waals surface area (Å²) in [5.74, 6) is 0. The zero-order valence-corrected chi connectivity index (χ0v) is 9.12. The summed E-state index contributed by atoms with van der Waals surface area (Å²) in [6.45, 7) is 6.00. The van der Waals surface area contributed by atoms with Crippen molar-refractivity contribution in [1.29, 1.82) is 0 Å². The molecule has 0 amide bonds. The van der Waals surface area contributed by atoms with Crippen LogP contribution in [0.5, 0.6) is 0 Å². The van der Waals surface area contributed by atoms with E-state index < -0.39 is 0 Å². The Hall–Kier alpha value is -0.120. The van der Waals surface area contributed by atoms with E-state index in [9.17, 15) is 0 Å². The highest BCUT2D eigenvalue weighted by Crippen LogP contribution is 2.18. The predicted octanol–water partition coefficient (Wildman–Crippen LogP) is 1.13. The molecule has 1 rings (SSSR count). The number of methoxy groups -OCH3 is 1. The average molecular weight is 187 g/mol. The molecule has 1 fully saturated rings. The molecule has 0 unspecified atom stereocenters. The maximum atomic E-state index is 5.59. The maximum absolute atomic E-state index is 5.59. The van der Waals surface area contributed by atoms with Gasteiger partial charge in [0.1, 0.15) is 0 Å². The first-order valence-electron chi connectivity index (χ1n) is 4.98. The molecule has 0 aromatic rings. The second kappa shape index (κ2) is 4.94. The molecule has 1 aliphatic rings. The Morgan fingerprint density at radius 1 is 1.46 bits per heavy atom. The number of likely N-dealkylation sites (N-methyl/N-ethyl adjacent to an activating group) is 1.